The van der Waals surface area contributed by atoms with Crippen LogP contribution in [0, 0.1) is 5.92 Å². The van der Waals surface area contributed by atoms with Crippen molar-refractivity contribution in [2.24, 2.45) is 5.92 Å². The Morgan fingerprint density at radius 1 is 1.18 bits per heavy atom. The molecule has 3 rings (SSSR count). The van der Waals surface area contributed by atoms with Gasteiger partial charge >= 0.3 is 0 Å². The quantitative estimate of drug-likeness (QED) is 0.940. The number of nitrogens with one attached hydrogen (secondary N) is 1. The van der Waals surface area contributed by atoms with Crippen LogP contribution in [0.5, 0.6) is 0 Å². The smallest absolute Gasteiger partial charge is 0.264 e. The Kier molecular flexibility index (Phi) is 4.11. The lowest BCUT2D eigenvalue weighted by Crippen LogP contribution is -2.31. The second-order valence-corrected chi connectivity index (χ2v) is 7.36. The van der Waals surface area contributed by atoms with Crippen LogP contribution in [0.3, 0.4) is 0 Å². The average molecular weight is 318 g/mol. The van der Waals surface area contributed by atoms with Gasteiger partial charge in [0, 0.05) is 18.0 Å². The number of rotatable bonds is 4. The molecule has 116 valence electrons. The van der Waals surface area contributed by atoms with Crippen molar-refractivity contribution in [1.82, 2.24) is 9.71 Å². The van der Waals surface area contributed by atoms with E-state index in [1.807, 2.05) is 0 Å². The van der Waals surface area contributed by atoms with Crippen molar-refractivity contribution in [3.8, 4) is 0 Å². The molecule has 0 unspecified atom stereocenters. The van der Waals surface area contributed by atoms with Gasteiger partial charge in [0.05, 0.1) is 10.4 Å². The third kappa shape index (κ3) is 3.11. The zero-order chi connectivity index (χ0) is 15.6. The van der Waals surface area contributed by atoms with Gasteiger partial charge in [-0.1, -0.05) is 18.9 Å². The number of sulfonamides is 1. The molecule has 1 N–H and O–H groups in total. The Labute approximate surface area is 129 Å². The summed E-state index contributed by atoms with van der Waals surface area (Å²) in [6, 6.07) is 8.25. The lowest BCUT2D eigenvalue weighted by atomic mass is 10.0. The first kappa shape index (κ1) is 15.0. The van der Waals surface area contributed by atoms with Crippen LogP contribution in [-0.2, 0) is 14.8 Å². The van der Waals surface area contributed by atoms with E-state index in [9.17, 15) is 13.2 Å². The van der Waals surface area contributed by atoms with E-state index < -0.39 is 15.9 Å². The standard InChI is InChI=1S/C16H18N2O3S/c19-16(11-12-5-1-2-6-12)18-22(20,21)15-9-3-8-14-13(15)7-4-10-17-14/h3-4,7-10,12H,1-2,5-6,11H2,(H,18,19). The topological polar surface area (TPSA) is 76.1 Å². The van der Waals surface area contributed by atoms with Crippen LogP contribution < -0.4 is 4.72 Å². The molecule has 0 spiro atoms. The highest BCUT2D eigenvalue weighted by Crippen LogP contribution is 2.27. The molecule has 0 saturated heterocycles. The third-order valence-corrected chi connectivity index (χ3v) is 5.52. The maximum Gasteiger partial charge on any atom is 0.264 e. The maximum atomic E-state index is 12.5. The molecule has 1 fully saturated rings. The van der Waals surface area contributed by atoms with Crippen molar-refractivity contribution in [3.63, 3.8) is 0 Å². The highest BCUT2D eigenvalue weighted by Gasteiger charge is 2.24. The summed E-state index contributed by atoms with van der Waals surface area (Å²) < 4.78 is 27.1. The lowest BCUT2D eigenvalue weighted by molar-refractivity contribution is -0.120. The molecule has 6 heteroatoms. The molecule has 1 amide bonds. The number of carbonyl (C=O) groups excluding carboxylic acids is 1. The van der Waals surface area contributed by atoms with E-state index in [-0.39, 0.29) is 11.3 Å². The van der Waals surface area contributed by atoms with E-state index in [1.54, 1.807) is 30.5 Å². The van der Waals surface area contributed by atoms with Crippen molar-refractivity contribution in [3.05, 3.63) is 36.5 Å². The number of hydrogen-bond acceptors (Lipinski definition) is 4. The second kappa shape index (κ2) is 6.04. The summed E-state index contributed by atoms with van der Waals surface area (Å²) >= 11 is 0. The van der Waals surface area contributed by atoms with Gasteiger partial charge in [0.15, 0.2) is 0 Å². The van der Waals surface area contributed by atoms with Crippen LogP contribution in [0.25, 0.3) is 10.9 Å². The van der Waals surface area contributed by atoms with E-state index in [0.29, 0.717) is 16.8 Å². The highest BCUT2D eigenvalue weighted by molar-refractivity contribution is 7.90. The molecular weight excluding hydrogens is 300 g/mol. The molecule has 0 aliphatic heterocycles. The van der Waals surface area contributed by atoms with E-state index in [2.05, 4.69) is 9.71 Å². The fourth-order valence-electron chi connectivity index (χ4n) is 3.03. The Hall–Kier alpha value is -1.95. The molecule has 0 atom stereocenters. The number of pyridine rings is 1. The zero-order valence-electron chi connectivity index (χ0n) is 12.2. The van der Waals surface area contributed by atoms with Gasteiger partial charge in [0.2, 0.25) is 5.91 Å². The Bertz CT molecular complexity index is 791. The monoisotopic (exact) mass is 318 g/mol. The molecule has 0 bridgehead atoms. The molecule has 1 aliphatic rings. The maximum absolute atomic E-state index is 12.5. The van der Waals surface area contributed by atoms with Gasteiger partial charge in [-0.15, -0.1) is 0 Å². The normalized spacial score (nSPS) is 16.0. The third-order valence-electron chi connectivity index (χ3n) is 4.09. The number of hydrogen-bond donors (Lipinski definition) is 1. The van der Waals surface area contributed by atoms with Crippen LogP contribution in [-0.4, -0.2) is 19.3 Å². The minimum absolute atomic E-state index is 0.0953. The zero-order valence-corrected chi connectivity index (χ0v) is 13.0. The van der Waals surface area contributed by atoms with Gasteiger partial charge in [-0.2, -0.15) is 0 Å². The van der Waals surface area contributed by atoms with Crippen molar-refractivity contribution in [2.45, 2.75) is 37.0 Å². The fourth-order valence-corrected chi connectivity index (χ4v) is 4.25. The van der Waals surface area contributed by atoms with Gasteiger partial charge in [-0.3, -0.25) is 9.78 Å². The van der Waals surface area contributed by atoms with E-state index >= 15 is 0 Å². The number of benzene rings is 1. The SMILES string of the molecule is O=C(CC1CCCC1)NS(=O)(=O)c1cccc2ncccc12. The van der Waals surface area contributed by atoms with Crippen LogP contribution in [0.2, 0.25) is 0 Å². The summed E-state index contributed by atoms with van der Waals surface area (Å²) in [5, 5.41) is 0.520. The van der Waals surface area contributed by atoms with Crippen LogP contribution in [0.15, 0.2) is 41.4 Å². The molecular formula is C16H18N2O3S. The predicted molar refractivity (Wildman–Crippen MR) is 83.6 cm³/mol. The minimum atomic E-state index is -3.87. The molecule has 22 heavy (non-hydrogen) atoms. The predicted octanol–water partition coefficient (Wildman–Crippen LogP) is 2.62. The molecule has 1 aliphatic carbocycles. The Morgan fingerprint density at radius 2 is 1.95 bits per heavy atom. The molecule has 0 radical (unpaired) electrons. The molecule has 2 aromatic rings. The fraction of sp³-hybridized carbons (Fsp3) is 0.375. The molecule has 1 saturated carbocycles. The number of aromatic nitrogens is 1. The number of carbonyl (C=O) groups is 1. The first-order valence-corrected chi connectivity index (χ1v) is 8.94. The Morgan fingerprint density at radius 3 is 2.73 bits per heavy atom. The van der Waals surface area contributed by atoms with E-state index in [4.69, 9.17) is 0 Å². The minimum Gasteiger partial charge on any atom is -0.274 e. The molecule has 5 nitrogen and oxygen atoms in total. The van der Waals surface area contributed by atoms with E-state index in [1.165, 1.54) is 6.07 Å². The van der Waals surface area contributed by atoms with Gasteiger partial charge in [-0.05, 0) is 43.0 Å². The summed E-state index contributed by atoms with van der Waals surface area (Å²) in [5.41, 5.74) is 0.591. The summed E-state index contributed by atoms with van der Waals surface area (Å²) in [5.74, 6) is -0.114. The van der Waals surface area contributed by atoms with Crippen molar-refractivity contribution >= 4 is 26.8 Å². The first-order chi connectivity index (χ1) is 10.6. The van der Waals surface area contributed by atoms with Crippen LogP contribution in [0.1, 0.15) is 32.1 Å². The molecule has 1 aromatic carbocycles. The summed E-state index contributed by atoms with van der Waals surface area (Å²) in [7, 11) is -3.87. The van der Waals surface area contributed by atoms with Crippen LogP contribution >= 0.6 is 0 Å². The van der Waals surface area contributed by atoms with Crippen molar-refractivity contribution in [2.75, 3.05) is 0 Å². The average Bonchev–Trinajstić information content (AvgIpc) is 2.98. The molecule has 1 aromatic heterocycles. The number of nitrogens with zero attached hydrogens (tertiary/aromatic N) is 1. The Balaban J connectivity index is 1.83. The van der Waals surface area contributed by atoms with Gasteiger partial charge in [0.1, 0.15) is 0 Å². The number of amides is 1. The summed E-state index contributed by atoms with van der Waals surface area (Å²) in [6.45, 7) is 0. The van der Waals surface area contributed by atoms with Gasteiger partial charge < -0.3 is 0 Å². The lowest BCUT2D eigenvalue weighted by Gasteiger charge is -2.11. The van der Waals surface area contributed by atoms with Gasteiger partial charge in [-0.25, -0.2) is 13.1 Å². The largest absolute Gasteiger partial charge is 0.274 e. The highest BCUT2D eigenvalue weighted by atomic mass is 32.2. The summed E-state index contributed by atoms with van der Waals surface area (Å²) in [6.07, 6.45) is 6.15. The number of fused-ring (bicyclic) bond motifs is 1. The van der Waals surface area contributed by atoms with Gasteiger partial charge in [0.25, 0.3) is 10.0 Å². The van der Waals surface area contributed by atoms with Crippen molar-refractivity contribution in [1.29, 1.82) is 0 Å². The van der Waals surface area contributed by atoms with E-state index in [0.717, 1.165) is 25.7 Å². The second-order valence-electron chi connectivity index (χ2n) is 5.71. The van der Waals surface area contributed by atoms with Crippen molar-refractivity contribution < 1.29 is 13.2 Å². The molecule has 1 heterocycles. The van der Waals surface area contributed by atoms with Crippen LogP contribution in [0.4, 0.5) is 0 Å². The first-order valence-electron chi connectivity index (χ1n) is 7.46. The summed E-state index contributed by atoms with van der Waals surface area (Å²) in [4.78, 5) is 16.3.